The fourth-order valence-corrected chi connectivity index (χ4v) is 2.05. The van der Waals surface area contributed by atoms with Crippen LogP contribution in [0, 0.1) is 23.1 Å². The van der Waals surface area contributed by atoms with Gasteiger partial charge >= 0.3 is 0 Å². The normalized spacial score (nSPS) is 16.3. The SMILES string of the molecule is N#CC(C(=O)CC1CC1)c1ccc(F)cc1Cl. The summed E-state index contributed by atoms with van der Waals surface area (Å²) in [6.07, 6.45) is 2.54. The van der Waals surface area contributed by atoms with Gasteiger partial charge in [-0.15, -0.1) is 0 Å². The lowest BCUT2D eigenvalue weighted by molar-refractivity contribution is -0.119. The summed E-state index contributed by atoms with van der Waals surface area (Å²) in [5.74, 6) is -1.03. The van der Waals surface area contributed by atoms with E-state index in [2.05, 4.69) is 0 Å². The average molecular weight is 252 g/mol. The zero-order chi connectivity index (χ0) is 12.4. The minimum absolute atomic E-state index is 0.122. The van der Waals surface area contributed by atoms with E-state index in [-0.39, 0.29) is 10.8 Å². The van der Waals surface area contributed by atoms with Crippen LogP contribution in [0.2, 0.25) is 5.02 Å². The lowest BCUT2D eigenvalue weighted by Gasteiger charge is -2.10. The molecular weight excluding hydrogens is 241 g/mol. The van der Waals surface area contributed by atoms with Gasteiger partial charge in [0.15, 0.2) is 5.78 Å². The predicted molar refractivity (Wildman–Crippen MR) is 62.1 cm³/mol. The van der Waals surface area contributed by atoms with E-state index in [4.69, 9.17) is 16.9 Å². The van der Waals surface area contributed by atoms with Crippen LogP contribution in [0.4, 0.5) is 4.39 Å². The number of carbonyl (C=O) groups excluding carboxylic acids is 1. The number of carbonyl (C=O) groups is 1. The first-order valence-corrected chi connectivity index (χ1v) is 5.87. The molecule has 88 valence electrons. The topological polar surface area (TPSA) is 40.9 Å². The van der Waals surface area contributed by atoms with Gasteiger partial charge in [0.25, 0.3) is 0 Å². The molecule has 2 nitrogen and oxygen atoms in total. The second kappa shape index (κ2) is 4.85. The largest absolute Gasteiger partial charge is 0.298 e. The van der Waals surface area contributed by atoms with Crippen molar-refractivity contribution < 1.29 is 9.18 Å². The number of nitrogens with zero attached hydrogens (tertiary/aromatic N) is 1. The van der Waals surface area contributed by atoms with Crippen molar-refractivity contribution in [2.45, 2.75) is 25.2 Å². The van der Waals surface area contributed by atoms with Gasteiger partial charge in [0.2, 0.25) is 0 Å². The van der Waals surface area contributed by atoms with Crippen LogP contribution in [0.15, 0.2) is 18.2 Å². The molecule has 0 bridgehead atoms. The third kappa shape index (κ3) is 2.83. The summed E-state index contributed by atoms with van der Waals surface area (Å²) >= 11 is 5.86. The molecule has 1 atom stereocenters. The highest BCUT2D eigenvalue weighted by Crippen LogP contribution is 2.35. The molecule has 1 unspecified atom stereocenters. The standard InChI is InChI=1S/C13H11ClFNO/c14-12-6-9(15)3-4-10(12)11(7-16)13(17)5-8-1-2-8/h3-4,6,8,11H,1-2,5H2. The molecule has 1 aromatic carbocycles. The molecule has 0 aromatic heterocycles. The number of hydrogen-bond donors (Lipinski definition) is 0. The first kappa shape index (κ1) is 12.1. The Labute approximate surface area is 104 Å². The molecule has 0 aliphatic heterocycles. The van der Waals surface area contributed by atoms with E-state index in [1.165, 1.54) is 12.1 Å². The van der Waals surface area contributed by atoms with Gasteiger partial charge < -0.3 is 0 Å². The quantitative estimate of drug-likeness (QED) is 0.822. The summed E-state index contributed by atoms with van der Waals surface area (Å²) in [6, 6.07) is 5.72. The zero-order valence-corrected chi connectivity index (χ0v) is 9.88. The monoisotopic (exact) mass is 251 g/mol. The van der Waals surface area contributed by atoms with Crippen molar-refractivity contribution in [1.82, 2.24) is 0 Å². The molecule has 0 saturated heterocycles. The van der Waals surface area contributed by atoms with Crippen LogP contribution in [0.25, 0.3) is 0 Å². The minimum Gasteiger partial charge on any atom is -0.298 e. The van der Waals surface area contributed by atoms with E-state index >= 15 is 0 Å². The highest BCUT2D eigenvalue weighted by Gasteiger charge is 2.30. The Bertz CT molecular complexity index is 491. The van der Waals surface area contributed by atoms with Gasteiger partial charge in [-0.1, -0.05) is 17.7 Å². The molecule has 2 rings (SSSR count). The fraction of sp³-hybridized carbons (Fsp3) is 0.385. The van der Waals surface area contributed by atoms with Crippen molar-refractivity contribution in [3.63, 3.8) is 0 Å². The van der Waals surface area contributed by atoms with Crippen LogP contribution >= 0.6 is 11.6 Å². The molecule has 1 aliphatic carbocycles. The first-order valence-electron chi connectivity index (χ1n) is 5.49. The van der Waals surface area contributed by atoms with Crippen molar-refractivity contribution >= 4 is 17.4 Å². The first-order chi connectivity index (χ1) is 8.11. The van der Waals surface area contributed by atoms with Crippen LogP contribution in [0.5, 0.6) is 0 Å². The minimum atomic E-state index is -0.872. The maximum atomic E-state index is 12.9. The smallest absolute Gasteiger partial charge is 0.154 e. The van der Waals surface area contributed by atoms with Gasteiger partial charge in [0.1, 0.15) is 11.7 Å². The van der Waals surface area contributed by atoms with Crippen molar-refractivity contribution in [1.29, 1.82) is 5.26 Å². The average Bonchev–Trinajstić information content (AvgIpc) is 3.06. The number of halogens is 2. The molecule has 0 heterocycles. The lowest BCUT2D eigenvalue weighted by atomic mass is 9.93. The van der Waals surface area contributed by atoms with Crippen LogP contribution in [0.1, 0.15) is 30.7 Å². The molecule has 0 spiro atoms. The van der Waals surface area contributed by atoms with Gasteiger partial charge in [-0.3, -0.25) is 4.79 Å². The summed E-state index contributed by atoms with van der Waals surface area (Å²) in [7, 11) is 0. The summed E-state index contributed by atoms with van der Waals surface area (Å²) in [6.45, 7) is 0. The molecule has 1 fully saturated rings. The molecule has 0 amide bonds. The number of nitriles is 1. The van der Waals surface area contributed by atoms with Crippen molar-refractivity contribution in [3.8, 4) is 6.07 Å². The molecule has 4 heteroatoms. The van der Waals surface area contributed by atoms with E-state index in [0.29, 0.717) is 17.9 Å². The second-order valence-electron chi connectivity index (χ2n) is 4.34. The van der Waals surface area contributed by atoms with Crippen molar-refractivity contribution in [2.24, 2.45) is 5.92 Å². The molecule has 1 aliphatic rings. The Hall–Kier alpha value is -1.40. The molecule has 0 N–H and O–H groups in total. The lowest BCUT2D eigenvalue weighted by Crippen LogP contribution is -2.12. The molecular formula is C13H11ClFNO. The van der Waals surface area contributed by atoms with Gasteiger partial charge in [-0.2, -0.15) is 5.26 Å². The predicted octanol–water partition coefficient (Wildman–Crippen LogP) is 3.46. The van der Waals surface area contributed by atoms with E-state index in [1.807, 2.05) is 6.07 Å². The van der Waals surface area contributed by atoms with E-state index in [9.17, 15) is 9.18 Å². The van der Waals surface area contributed by atoms with Crippen molar-refractivity contribution in [3.05, 3.63) is 34.6 Å². The zero-order valence-electron chi connectivity index (χ0n) is 9.12. The van der Waals surface area contributed by atoms with Gasteiger partial charge in [-0.25, -0.2) is 4.39 Å². The Morgan fingerprint density at radius 1 is 1.59 bits per heavy atom. The highest BCUT2D eigenvalue weighted by molar-refractivity contribution is 6.31. The maximum absolute atomic E-state index is 12.9. The molecule has 1 aromatic rings. The number of ketones is 1. The van der Waals surface area contributed by atoms with Crippen LogP contribution in [-0.2, 0) is 4.79 Å². The second-order valence-corrected chi connectivity index (χ2v) is 4.75. The molecule has 0 radical (unpaired) electrons. The third-order valence-electron chi connectivity index (χ3n) is 2.91. The Balaban J connectivity index is 2.22. The number of rotatable bonds is 4. The fourth-order valence-electron chi connectivity index (χ4n) is 1.77. The number of Topliss-reactive ketones (excluding diaryl/α,β-unsaturated/α-hetero) is 1. The van der Waals surface area contributed by atoms with Crippen LogP contribution in [-0.4, -0.2) is 5.78 Å². The van der Waals surface area contributed by atoms with Crippen LogP contribution in [0.3, 0.4) is 0 Å². The van der Waals surface area contributed by atoms with E-state index < -0.39 is 11.7 Å². The Kier molecular flexibility index (Phi) is 3.44. The molecule has 1 saturated carbocycles. The van der Waals surface area contributed by atoms with E-state index in [1.54, 1.807) is 0 Å². The summed E-state index contributed by atoms with van der Waals surface area (Å²) in [4.78, 5) is 11.9. The summed E-state index contributed by atoms with van der Waals surface area (Å²) in [5, 5.41) is 9.19. The van der Waals surface area contributed by atoms with Crippen molar-refractivity contribution in [2.75, 3.05) is 0 Å². The number of hydrogen-bond acceptors (Lipinski definition) is 2. The Morgan fingerprint density at radius 3 is 2.82 bits per heavy atom. The third-order valence-corrected chi connectivity index (χ3v) is 3.24. The van der Waals surface area contributed by atoms with Gasteiger partial charge in [0, 0.05) is 11.4 Å². The summed E-state index contributed by atoms with van der Waals surface area (Å²) in [5.41, 5.74) is 0.404. The summed E-state index contributed by atoms with van der Waals surface area (Å²) < 4.78 is 12.9. The van der Waals surface area contributed by atoms with Gasteiger partial charge in [-0.05, 0) is 36.5 Å². The highest BCUT2D eigenvalue weighted by atomic mass is 35.5. The van der Waals surface area contributed by atoms with Crippen LogP contribution < -0.4 is 0 Å². The van der Waals surface area contributed by atoms with E-state index in [0.717, 1.165) is 18.9 Å². The number of benzene rings is 1. The Morgan fingerprint density at radius 2 is 2.29 bits per heavy atom. The van der Waals surface area contributed by atoms with Gasteiger partial charge in [0.05, 0.1) is 6.07 Å². The molecule has 17 heavy (non-hydrogen) atoms. The maximum Gasteiger partial charge on any atom is 0.154 e.